The van der Waals surface area contributed by atoms with Gasteiger partial charge in [0.1, 0.15) is 12.7 Å². The number of aliphatic hydroxyl groups excluding tert-OH is 1. The highest BCUT2D eigenvalue weighted by Gasteiger charge is 2.17. The summed E-state index contributed by atoms with van der Waals surface area (Å²) in [7, 11) is -4.61. The fourth-order valence-corrected chi connectivity index (χ4v) is 2.70. The molecule has 0 unspecified atom stereocenters. The summed E-state index contributed by atoms with van der Waals surface area (Å²) >= 11 is 4.18. The van der Waals surface area contributed by atoms with Crippen LogP contribution < -0.4 is 0 Å². The molecule has 24 heavy (non-hydrogen) atoms. The lowest BCUT2D eigenvalue weighted by molar-refractivity contribution is -0.147. The molecule has 0 saturated carbocycles. The van der Waals surface area contributed by atoms with Gasteiger partial charge in [-0.1, -0.05) is 44.9 Å². The average molecular weight is 386 g/mol. The molecule has 0 rings (SSSR count). The Morgan fingerprint density at radius 3 is 1.92 bits per heavy atom. The molecule has 0 aliphatic heterocycles. The Hall–Kier alpha value is -0.110. The molecule has 0 saturated heterocycles. The molecule has 0 aliphatic rings. The van der Waals surface area contributed by atoms with E-state index in [1.165, 1.54) is 38.5 Å². The van der Waals surface area contributed by atoms with E-state index in [9.17, 15) is 14.5 Å². The van der Waals surface area contributed by atoms with Crippen molar-refractivity contribution in [2.45, 2.75) is 70.3 Å². The number of rotatable bonds is 16. The zero-order chi connectivity index (χ0) is 18.3. The van der Waals surface area contributed by atoms with E-state index in [0.29, 0.717) is 0 Å². The second-order valence-electron chi connectivity index (χ2n) is 5.78. The van der Waals surface area contributed by atoms with Crippen LogP contribution in [-0.4, -0.2) is 45.9 Å². The molecule has 144 valence electrons. The maximum Gasteiger partial charge on any atom is 0.469 e. The number of carbonyl (C=O) groups excluding carboxylic acids is 1. The minimum atomic E-state index is -4.61. The van der Waals surface area contributed by atoms with Crippen molar-refractivity contribution in [1.29, 1.82) is 0 Å². The predicted molar refractivity (Wildman–Crippen MR) is 95.0 cm³/mol. The van der Waals surface area contributed by atoms with Gasteiger partial charge in [0.2, 0.25) is 0 Å². The Bertz CT molecular complexity index is 362. The third-order valence-corrected chi connectivity index (χ3v) is 4.21. The Balaban J connectivity index is 3.39. The van der Waals surface area contributed by atoms with Gasteiger partial charge in [-0.05, 0) is 18.6 Å². The molecule has 0 aromatic heterocycles. The minimum absolute atomic E-state index is 0.286. The topological polar surface area (TPSA) is 113 Å². The van der Waals surface area contributed by atoms with E-state index in [1.54, 1.807) is 0 Å². The molecule has 0 fully saturated rings. The molecule has 9 heteroatoms. The Kier molecular flexibility index (Phi) is 15.1. The van der Waals surface area contributed by atoms with E-state index in [1.807, 2.05) is 0 Å². The van der Waals surface area contributed by atoms with E-state index in [-0.39, 0.29) is 13.0 Å². The molecule has 0 heterocycles. The fourth-order valence-electron chi connectivity index (χ4n) is 2.11. The lowest BCUT2D eigenvalue weighted by Gasteiger charge is -2.12. The van der Waals surface area contributed by atoms with Gasteiger partial charge in [0.15, 0.2) is 0 Å². The first-order valence-corrected chi connectivity index (χ1v) is 10.7. The maximum absolute atomic E-state index is 11.5. The van der Waals surface area contributed by atoms with Crippen molar-refractivity contribution < 1.29 is 33.5 Å². The molecule has 0 aromatic rings. The second kappa shape index (κ2) is 15.2. The van der Waals surface area contributed by atoms with Gasteiger partial charge in [-0.25, -0.2) is 4.57 Å². The van der Waals surface area contributed by atoms with Gasteiger partial charge in [0.25, 0.3) is 0 Å². The van der Waals surface area contributed by atoms with Crippen molar-refractivity contribution in [1.82, 2.24) is 0 Å². The smallest absolute Gasteiger partial charge is 0.463 e. The molecule has 0 radical (unpaired) electrons. The van der Waals surface area contributed by atoms with Crippen molar-refractivity contribution in [3.8, 4) is 0 Å². The minimum Gasteiger partial charge on any atom is -0.463 e. The average Bonchev–Trinajstić information content (AvgIpc) is 2.52. The number of unbranched alkanes of at least 4 members (excludes halogenated alkanes) is 8. The summed E-state index contributed by atoms with van der Waals surface area (Å²) in [5, 5.41) is 9.36. The zero-order valence-electron chi connectivity index (χ0n) is 14.1. The van der Waals surface area contributed by atoms with E-state index >= 15 is 0 Å². The SMILES string of the molecule is O=C(CCCCCCCCCCCS)OC[C@@H](O)COP(=O)(O)O. The predicted octanol–water partition coefficient (Wildman–Crippen LogP) is 2.83. The molecule has 0 bridgehead atoms. The van der Waals surface area contributed by atoms with Crippen molar-refractivity contribution in [2.75, 3.05) is 19.0 Å². The summed E-state index contributed by atoms with van der Waals surface area (Å²) in [6, 6.07) is 0. The van der Waals surface area contributed by atoms with Gasteiger partial charge in [-0.2, -0.15) is 12.6 Å². The van der Waals surface area contributed by atoms with Crippen LogP contribution in [0.25, 0.3) is 0 Å². The molecular weight excluding hydrogens is 355 g/mol. The highest BCUT2D eigenvalue weighted by Crippen LogP contribution is 2.35. The molecule has 0 aromatic carbocycles. The quantitative estimate of drug-likeness (QED) is 0.140. The van der Waals surface area contributed by atoms with Crippen molar-refractivity contribution in [3.63, 3.8) is 0 Å². The summed E-state index contributed by atoms with van der Waals surface area (Å²) in [4.78, 5) is 28.4. The normalized spacial score (nSPS) is 13.0. The number of hydrogen-bond acceptors (Lipinski definition) is 6. The molecular formula is C15H31O7PS. The number of esters is 1. The first-order chi connectivity index (χ1) is 11.3. The summed E-state index contributed by atoms with van der Waals surface area (Å²) in [6.45, 7) is -0.906. The summed E-state index contributed by atoms with van der Waals surface area (Å²) in [5.74, 6) is 0.543. The lowest BCUT2D eigenvalue weighted by Crippen LogP contribution is -2.23. The molecule has 0 aliphatic carbocycles. The number of thiol groups is 1. The van der Waals surface area contributed by atoms with Gasteiger partial charge >= 0.3 is 13.8 Å². The molecule has 0 spiro atoms. The molecule has 7 nitrogen and oxygen atoms in total. The van der Waals surface area contributed by atoms with Crippen LogP contribution in [0.4, 0.5) is 0 Å². The van der Waals surface area contributed by atoms with Gasteiger partial charge in [-0.15, -0.1) is 0 Å². The van der Waals surface area contributed by atoms with Gasteiger partial charge in [-0.3, -0.25) is 9.32 Å². The van der Waals surface area contributed by atoms with Gasteiger partial charge in [0, 0.05) is 6.42 Å². The van der Waals surface area contributed by atoms with E-state index in [0.717, 1.165) is 25.0 Å². The highest BCUT2D eigenvalue weighted by molar-refractivity contribution is 7.80. The van der Waals surface area contributed by atoms with Crippen molar-refractivity contribution in [2.24, 2.45) is 0 Å². The molecule has 1 atom stereocenters. The third-order valence-electron chi connectivity index (χ3n) is 3.41. The number of hydrogen-bond donors (Lipinski definition) is 4. The fraction of sp³-hybridized carbons (Fsp3) is 0.933. The molecule has 0 amide bonds. The number of phosphoric ester groups is 1. The first-order valence-electron chi connectivity index (χ1n) is 8.50. The Labute approximate surface area is 149 Å². The Morgan fingerprint density at radius 1 is 0.917 bits per heavy atom. The van der Waals surface area contributed by atoms with Crippen LogP contribution in [0.2, 0.25) is 0 Å². The second-order valence-corrected chi connectivity index (χ2v) is 7.47. The summed E-state index contributed by atoms with van der Waals surface area (Å²) < 4.78 is 19.4. The standard InChI is InChI=1S/C15H31O7PS/c16-14(13-22-23(18,19)20)12-21-15(17)10-8-6-4-2-1-3-5-7-9-11-24/h14,16,24H,1-13H2,(H2,18,19,20)/t14-/m1/s1. The molecule has 3 N–H and O–H groups in total. The monoisotopic (exact) mass is 386 g/mol. The maximum atomic E-state index is 11.5. The third kappa shape index (κ3) is 18.2. The van der Waals surface area contributed by atoms with Crippen LogP contribution in [-0.2, 0) is 18.6 Å². The summed E-state index contributed by atoms with van der Waals surface area (Å²) in [5.41, 5.74) is 0. The van der Waals surface area contributed by atoms with Gasteiger partial charge < -0.3 is 19.6 Å². The number of carbonyl (C=O) groups is 1. The van der Waals surface area contributed by atoms with Crippen LogP contribution in [0.3, 0.4) is 0 Å². The van der Waals surface area contributed by atoms with Crippen LogP contribution >= 0.6 is 20.5 Å². The van der Waals surface area contributed by atoms with Crippen molar-refractivity contribution >= 4 is 26.4 Å². The zero-order valence-corrected chi connectivity index (χ0v) is 15.9. The highest BCUT2D eigenvalue weighted by atomic mass is 32.1. The number of ether oxygens (including phenoxy) is 1. The largest absolute Gasteiger partial charge is 0.469 e. The number of aliphatic hydroxyl groups is 1. The lowest BCUT2D eigenvalue weighted by atomic mass is 10.1. The van der Waals surface area contributed by atoms with Crippen LogP contribution in [0.5, 0.6) is 0 Å². The number of phosphoric acid groups is 1. The van der Waals surface area contributed by atoms with Crippen LogP contribution in [0, 0.1) is 0 Å². The van der Waals surface area contributed by atoms with E-state index in [2.05, 4.69) is 17.2 Å². The van der Waals surface area contributed by atoms with Crippen LogP contribution in [0.15, 0.2) is 0 Å². The van der Waals surface area contributed by atoms with Crippen molar-refractivity contribution in [3.05, 3.63) is 0 Å². The summed E-state index contributed by atoms with van der Waals surface area (Å²) in [6.07, 6.45) is 9.20. The van der Waals surface area contributed by atoms with Gasteiger partial charge in [0.05, 0.1) is 6.61 Å². The van der Waals surface area contributed by atoms with E-state index < -0.39 is 26.5 Å². The van der Waals surface area contributed by atoms with E-state index in [4.69, 9.17) is 14.5 Å². The van der Waals surface area contributed by atoms with Crippen LogP contribution in [0.1, 0.15) is 64.2 Å². The Morgan fingerprint density at radius 2 is 1.42 bits per heavy atom. The first kappa shape index (κ1) is 23.9.